The van der Waals surface area contributed by atoms with Gasteiger partial charge in [-0.05, 0) is 120 Å². The molecule has 0 atom stereocenters. The highest BCUT2D eigenvalue weighted by atomic mass is 15.0. The molecule has 1 aliphatic carbocycles. The van der Waals surface area contributed by atoms with Gasteiger partial charge in [-0.2, -0.15) is 0 Å². The average molecular weight is 815 g/mol. The van der Waals surface area contributed by atoms with Gasteiger partial charge >= 0.3 is 0 Å². The zero-order chi connectivity index (χ0) is 43.3. The maximum atomic E-state index is 5.11. The van der Waals surface area contributed by atoms with Crippen molar-refractivity contribution < 1.29 is 0 Å². The highest BCUT2D eigenvalue weighted by Gasteiger charge is 2.56. The average Bonchev–Trinajstić information content (AvgIpc) is 3.44. The Bertz CT molecular complexity index is 3060. The Hall–Kier alpha value is -7.30. The third-order valence-electron chi connectivity index (χ3n) is 14.3. The molecule has 0 aliphatic heterocycles. The number of aromatic nitrogens is 4. The fourth-order valence-corrected chi connectivity index (χ4v) is 9.37. The van der Waals surface area contributed by atoms with Gasteiger partial charge in [0, 0.05) is 28.5 Å². The molecule has 9 aromatic rings. The minimum atomic E-state index is 0.0120. The van der Waals surface area contributed by atoms with E-state index in [0.29, 0.717) is 17.5 Å². The van der Waals surface area contributed by atoms with Crippen molar-refractivity contribution >= 4 is 0 Å². The Morgan fingerprint density at radius 1 is 0.286 bits per heavy atom. The number of rotatable bonds is 8. The van der Waals surface area contributed by atoms with Gasteiger partial charge in [-0.1, -0.05) is 181 Å². The van der Waals surface area contributed by atoms with Crippen LogP contribution in [0, 0.1) is 5.41 Å². The lowest BCUT2D eigenvalue weighted by Crippen LogP contribution is -2.42. The van der Waals surface area contributed by atoms with Gasteiger partial charge in [0.2, 0.25) is 0 Å². The van der Waals surface area contributed by atoms with Crippen LogP contribution in [0.4, 0.5) is 0 Å². The first-order valence-electron chi connectivity index (χ1n) is 21.9. The molecule has 0 radical (unpaired) electrons. The molecule has 7 aromatic carbocycles. The SMILES string of the molecule is CC1(C)c2ccc(-c3ccc(-c4nc(-c5ccccc5)nc(-c5cccc(-c6cccc(-c7cc(-c8ccccc8)cc(-c8ccccc8)c7)c6)c5)n4)cn3)cc2C(C)(C)C1(C)C. The summed E-state index contributed by atoms with van der Waals surface area (Å²) in [6, 6.07) is 66.6. The highest BCUT2D eigenvalue weighted by Crippen LogP contribution is 2.61. The maximum absolute atomic E-state index is 5.11. The van der Waals surface area contributed by atoms with Crippen LogP contribution in [0.1, 0.15) is 52.7 Å². The molecular formula is C59H50N4. The van der Waals surface area contributed by atoms with Crippen LogP contribution < -0.4 is 0 Å². The quantitative estimate of drug-likeness (QED) is 0.153. The summed E-state index contributed by atoms with van der Waals surface area (Å²) < 4.78 is 0. The van der Waals surface area contributed by atoms with Crippen molar-refractivity contribution in [1.82, 2.24) is 19.9 Å². The lowest BCUT2D eigenvalue weighted by molar-refractivity contribution is 0.125. The summed E-state index contributed by atoms with van der Waals surface area (Å²) >= 11 is 0. The molecule has 306 valence electrons. The smallest absolute Gasteiger partial charge is 0.165 e. The third kappa shape index (κ3) is 7.16. The van der Waals surface area contributed by atoms with Crippen molar-refractivity contribution in [2.75, 3.05) is 0 Å². The zero-order valence-electron chi connectivity index (χ0n) is 36.8. The first kappa shape index (κ1) is 39.8. The Balaban J connectivity index is 1.01. The zero-order valence-corrected chi connectivity index (χ0v) is 36.8. The molecule has 63 heavy (non-hydrogen) atoms. The number of nitrogens with zero attached hydrogens (tertiary/aromatic N) is 4. The molecule has 0 bridgehead atoms. The second-order valence-corrected chi connectivity index (χ2v) is 18.4. The topological polar surface area (TPSA) is 51.6 Å². The molecule has 4 nitrogen and oxygen atoms in total. The largest absolute Gasteiger partial charge is 0.255 e. The van der Waals surface area contributed by atoms with E-state index in [1.165, 1.54) is 33.4 Å². The van der Waals surface area contributed by atoms with Crippen LogP contribution in [0.25, 0.3) is 89.9 Å². The van der Waals surface area contributed by atoms with E-state index in [4.69, 9.17) is 19.9 Å². The Kier molecular flexibility index (Phi) is 9.83. The number of pyridine rings is 1. The fourth-order valence-electron chi connectivity index (χ4n) is 9.37. The molecule has 0 N–H and O–H groups in total. The number of hydrogen-bond acceptors (Lipinski definition) is 4. The summed E-state index contributed by atoms with van der Waals surface area (Å²) in [6.45, 7) is 14.3. The van der Waals surface area contributed by atoms with Gasteiger partial charge in [-0.3, -0.25) is 4.98 Å². The Morgan fingerprint density at radius 3 is 1.22 bits per heavy atom. The summed E-state index contributed by atoms with van der Waals surface area (Å²) in [7, 11) is 0. The van der Waals surface area contributed by atoms with E-state index >= 15 is 0 Å². The monoisotopic (exact) mass is 814 g/mol. The van der Waals surface area contributed by atoms with Gasteiger partial charge < -0.3 is 0 Å². The van der Waals surface area contributed by atoms with Gasteiger partial charge in [0.15, 0.2) is 17.5 Å². The molecular weight excluding hydrogens is 765 g/mol. The molecule has 0 unspecified atom stereocenters. The molecule has 2 heterocycles. The third-order valence-corrected chi connectivity index (χ3v) is 14.3. The second-order valence-electron chi connectivity index (χ2n) is 18.4. The van der Waals surface area contributed by atoms with Crippen LogP contribution in [0.3, 0.4) is 0 Å². The van der Waals surface area contributed by atoms with Gasteiger partial charge in [0.1, 0.15) is 0 Å². The first-order valence-corrected chi connectivity index (χ1v) is 21.9. The van der Waals surface area contributed by atoms with Crippen molar-refractivity contribution in [3.8, 4) is 89.9 Å². The van der Waals surface area contributed by atoms with Gasteiger partial charge in [0.25, 0.3) is 0 Å². The van der Waals surface area contributed by atoms with E-state index in [1.54, 1.807) is 0 Å². The number of hydrogen-bond donors (Lipinski definition) is 0. The standard InChI is InChI=1S/C59H50N4/c1-57(2)51-30-28-45(37-52(51)58(3,4)59(57,5)6)53-31-29-47(38-60-53)56-62-54(41-22-14-9-15-23-41)61-55(63-56)46-27-17-25-43(33-46)42-24-16-26-44(32-42)50-35-48(39-18-10-7-11-19-39)34-49(36-50)40-20-12-8-13-21-40/h7-38H,1-6H3. The van der Waals surface area contributed by atoms with Crippen LogP contribution in [0.2, 0.25) is 0 Å². The lowest BCUT2D eigenvalue weighted by Gasteiger charge is -2.44. The normalized spacial score (nSPS) is 14.6. The van der Waals surface area contributed by atoms with Crippen LogP contribution in [0.5, 0.6) is 0 Å². The minimum Gasteiger partial charge on any atom is -0.255 e. The van der Waals surface area contributed by atoms with E-state index in [1.807, 2.05) is 36.5 Å². The molecule has 2 aromatic heterocycles. The summed E-state index contributed by atoms with van der Waals surface area (Å²) in [4.78, 5) is 20.2. The Morgan fingerprint density at radius 2 is 0.683 bits per heavy atom. The number of fused-ring (bicyclic) bond motifs is 1. The molecule has 4 heteroatoms. The lowest BCUT2D eigenvalue weighted by atomic mass is 9.59. The van der Waals surface area contributed by atoms with Crippen molar-refractivity contribution in [2.24, 2.45) is 5.41 Å². The molecule has 10 rings (SSSR count). The summed E-state index contributed by atoms with van der Waals surface area (Å²) in [5.41, 5.74) is 16.9. The predicted octanol–water partition coefficient (Wildman–Crippen LogP) is 15.2. The second kappa shape index (κ2) is 15.6. The van der Waals surface area contributed by atoms with E-state index in [0.717, 1.165) is 50.2 Å². The van der Waals surface area contributed by atoms with E-state index < -0.39 is 0 Å². The van der Waals surface area contributed by atoms with Crippen LogP contribution in [0.15, 0.2) is 194 Å². The van der Waals surface area contributed by atoms with Crippen molar-refractivity contribution in [3.63, 3.8) is 0 Å². The molecule has 1 aliphatic rings. The van der Waals surface area contributed by atoms with Crippen molar-refractivity contribution in [3.05, 3.63) is 205 Å². The Labute approximate surface area is 371 Å². The molecule has 0 fully saturated rings. The molecule has 0 spiro atoms. The van der Waals surface area contributed by atoms with Crippen LogP contribution in [-0.4, -0.2) is 19.9 Å². The summed E-state index contributed by atoms with van der Waals surface area (Å²) in [6.07, 6.45) is 1.90. The van der Waals surface area contributed by atoms with Gasteiger partial charge in [0.05, 0.1) is 5.69 Å². The van der Waals surface area contributed by atoms with E-state index in [-0.39, 0.29) is 16.2 Å². The fraction of sp³-hybridized carbons (Fsp3) is 0.153. The minimum absolute atomic E-state index is 0.0120. The first-order chi connectivity index (χ1) is 30.5. The molecule has 0 saturated heterocycles. The van der Waals surface area contributed by atoms with E-state index in [2.05, 4.69) is 199 Å². The van der Waals surface area contributed by atoms with Crippen LogP contribution >= 0.6 is 0 Å². The molecule has 0 saturated carbocycles. The van der Waals surface area contributed by atoms with Gasteiger partial charge in [-0.25, -0.2) is 15.0 Å². The van der Waals surface area contributed by atoms with Crippen molar-refractivity contribution in [2.45, 2.75) is 52.4 Å². The highest BCUT2D eigenvalue weighted by molar-refractivity contribution is 5.83. The van der Waals surface area contributed by atoms with Crippen molar-refractivity contribution in [1.29, 1.82) is 0 Å². The van der Waals surface area contributed by atoms with Crippen LogP contribution in [-0.2, 0) is 10.8 Å². The predicted molar refractivity (Wildman–Crippen MR) is 261 cm³/mol. The van der Waals surface area contributed by atoms with E-state index in [9.17, 15) is 0 Å². The summed E-state index contributed by atoms with van der Waals surface area (Å²) in [5, 5.41) is 0. The maximum Gasteiger partial charge on any atom is 0.165 e. The number of benzene rings is 7. The van der Waals surface area contributed by atoms with Gasteiger partial charge in [-0.15, -0.1) is 0 Å². The summed E-state index contributed by atoms with van der Waals surface area (Å²) in [5.74, 6) is 1.80. The molecule has 0 amide bonds.